The topological polar surface area (TPSA) is 96.5 Å². The Kier molecular flexibility index (Phi) is 3.92. The lowest BCUT2D eigenvalue weighted by atomic mass is 10.1. The van der Waals surface area contributed by atoms with Crippen molar-refractivity contribution in [1.82, 2.24) is 4.98 Å². The van der Waals surface area contributed by atoms with E-state index in [0.29, 0.717) is 25.3 Å². The smallest absolute Gasteiger partial charge is 0.335 e. The average Bonchev–Trinajstić information content (AvgIpc) is 2.87. The number of nitrogens with two attached hydrogens (primary N) is 1. The second-order valence-electron chi connectivity index (χ2n) is 5.43. The van der Waals surface area contributed by atoms with Crippen molar-refractivity contribution in [3.8, 4) is 0 Å². The highest BCUT2D eigenvalue weighted by atomic mass is 16.4. The molecule has 1 atom stereocenters. The molecule has 6 heteroatoms. The van der Waals surface area contributed by atoms with Gasteiger partial charge in [0.1, 0.15) is 5.82 Å². The molecule has 1 saturated heterocycles. The zero-order valence-corrected chi connectivity index (χ0v) is 11.7. The van der Waals surface area contributed by atoms with E-state index in [2.05, 4.69) is 4.98 Å². The predicted molar refractivity (Wildman–Crippen MR) is 74.8 cm³/mol. The van der Waals surface area contributed by atoms with Gasteiger partial charge in [0.15, 0.2) is 0 Å². The van der Waals surface area contributed by atoms with Crippen LogP contribution in [0.1, 0.15) is 42.2 Å². The van der Waals surface area contributed by atoms with Gasteiger partial charge in [-0.1, -0.05) is 13.8 Å². The van der Waals surface area contributed by atoms with Crippen molar-refractivity contribution >= 4 is 17.7 Å². The van der Waals surface area contributed by atoms with Crippen LogP contribution in [0.4, 0.5) is 5.82 Å². The normalized spacial score (nSPS) is 18.6. The maximum Gasteiger partial charge on any atom is 0.335 e. The number of aromatic nitrogens is 1. The lowest BCUT2D eigenvalue weighted by molar-refractivity contribution is -0.121. The molecular weight excluding hydrogens is 258 g/mol. The van der Waals surface area contributed by atoms with E-state index < -0.39 is 5.97 Å². The fraction of sp³-hybridized carbons (Fsp3) is 0.500. The van der Waals surface area contributed by atoms with E-state index in [1.165, 1.54) is 0 Å². The van der Waals surface area contributed by atoms with Crippen LogP contribution in [0, 0.1) is 5.92 Å². The number of carboxylic acid groups (broad SMARTS) is 1. The summed E-state index contributed by atoms with van der Waals surface area (Å²) >= 11 is 0. The summed E-state index contributed by atoms with van der Waals surface area (Å²) in [6.07, 6.45) is 0.686. The van der Waals surface area contributed by atoms with Crippen molar-refractivity contribution in [2.45, 2.75) is 26.2 Å². The first-order valence-electron chi connectivity index (χ1n) is 6.68. The van der Waals surface area contributed by atoms with Gasteiger partial charge in [0, 0.05) is 18.8 Å². The highest BCUT2D eigenvalue weighted by molar-refractivity contribution is 5.88. The van der Waals surface area contributed by atoms with Crippen molar-refractivity contribution in [2.75, 3.05) is 18.0 Å². The monoisotopic (exact) mass is 277 g/mol. The molecule has 0 bridgehead atoms. The summed E-state index contributed by atoms with van der Waals surface area (Å²) in [7, 11) is 0. The first-order valence-corrected chi connectivity index (χ1v) is 6.68. The number of anilines is 1. The number of amides is 1. The van der Waals surface area contributed by atoms with E-state index in [1.54, 1.807) is 12.1 Å². The number of hydrogen-bond acceptors (Lipinski definition) is 4. The molecule has 1 aromatic heterocycles. The van der Waals surface area contributed by atoms with Gasteiger partial charge in [-0.15, -0.1) is 0 Å². The second-order valence-corrected chi connectivity index (χ2v) is 5.43. The van der Waals surface area contributed by atoms with Crippen molar-refractivity contribution < 1.29 is 14.7 Å². The van der Waals surface area contributed by atoms with Gasteiger partial charge in [0.25, 0.3) is 0 Å². The van der Waals surface area contributed by atoms with Gasteiger partial charge in [0.05, 0.1) is 11.5 Å². The molecule has 0 saturated carbocycles. The van der Waals surface area contributed by atoms with Crippen LogP contribution >= 0.6 is 0 Å². The van der Waals surface area contributed by atoms with Crippen LogP contribution in [0.3, 0.4) is 0 Å². The van der Waals surface area contributed by atoms with Crippen LogP contribution in [0.25, 0.3) is 0 Å². The molecule has 2 rings (SSSR count). The lowest BCUT2D eigenvalue weighted by Crippen LogP contribution is -2.28. The fourth-order valence-corrected chi connectivity index (χ4v) is 2.32. The number of carbonyl (C=O) groups excluding carboxylic acids is 1. The number of rotatable bonds is 4. The maximum absolute atomic E-state index is 11.2. The van der Waals surface area contributed by atoms with Crippen LogP contribution < -0.4 is 10.6 Å². The lowest BCUT2D eigenvalue weighted by Gasteiger charge is -2.19. The number of carbonyl (C=O) groups is 2. The van der Waals surface area contributed by atoms with Gasteiger partial charge in [-0.25, -0.2) is 9.78 Å². The summed E-state index contributed by atoms with van der Waals surface area (Å²) in [4.78, 5) is 28.8. The summed E-state index contributed by atoms with van der Waals surface area (Å²) in [5.41, 5.74) is 6.28. The zero-order valence-electron chi connectivity index (χ0n) is 11.7. The number of carboxylic acids is 1. The Balaban J connectivity index is 2.32. The van der Waals surface area contributed by atoms with Crippen molar-refractivity contribution in [3.05, 3.63) is 23.4 Å². The first-order chi connectivity index (χ1) is 9.38. The zero-order chi connectivity index (χ0) is 14.9. The molecule has 1 amide bonds. The molecule has 1 aromatic rings. The summed E-state index contributed by atoms with van der Waals surface area (Å²) in [6, 6.07) is 3.15. The molecule has 1 fully saturated rings. The molecule has 1 unspecified atom stereocenters. The van der Waals surface area contributed by atoms with Crippen LogP contribution in [0.15, 0.2) is 12.1 Å². The number of primary amides is 1. The Morgan fingerprint density at radius 2 is 2.15 bits per heavy atom. The molecule has 0 spiro atoms. The quantitative estimate of drug-likeness (QED) is 0.862. The van der Waals surface area contributed by atoms with E-state index in [0.717, 1.165) is 5.69 Å². The minimum absolute atomic E-state index is 0.141. The molecule has 2 heterocycles. The van der Waals surface area contributed by atoms with E-state index in [4.69, 9.17) is 5.73 Å². The van der Waals surface area contributed by atoms with Crippen molar-refractivity contribution in [1.29, 1.82) is 0 Å². The third kappa shape index (κ3) is 2.89. The third-order valence-electron chi connectivity index (χ3n) is 3.58. The molecule has 20 heavy (non-hydrogen) atoms. The van der Waals surface area contributed by atoms with Crippen molar-refractivity contribution in [2.24, 2.45) is 11.7 Å². The Morgan fingerprint density at radius 3 is 2.65 bits per heavy atom. The average molecular weight is 277 g/mol. The summed E-state index contributed by atoms with van der Waals surface area (Å²) in [6.45, 7) is 5.10. The molecule has 6 nitrogen and oxygen atoms in total. The first kappa shape index (κ1) is 14.3. The minimum Gasteiger partial charge on any atom is -0.478 e. The van der Waals surface area contributed by atoms with E-state index in [1.807, 2.05) is 18.7 Å². The van der Waals surface area contributed by atoms with Crippen molar-refractivity contribution in [3.63, 3.8) is 0 Å². The molecule has 0 aromatic carbocycles. The highest BCUT2D eigenvalue weighted by Gasteiger charge is 2.28. The largest absolute Gasteiger partial charge is 0.478 e. The van der Waals surface area contributed by atoms with E-state index in [9.17, 15) is 14.7 Å². The van der Waals surface area contributed by atoms with Gasteiger partial charge in [-0.05, 0) is 24.5 Å². The molecule has 108 valence electrons. The summed E-state index contributed by atoms with van der Waals surface area (Å²) in [5, 5.41) is 9.18. The second kappa shape index (κ2) is 5.48. The number of pyridine rings is 1. The summed E-state index contributed by atoms with van der Waals surface area (Å²) in [5.74, 6) is -0.722. The van der Waals surface area contributed by atoms with Gasteiger partial charge in [-0.3, -0.25) is 4.79 Å². The molecule has 1 aliphatic heterocycles. The Morgan fingerprint density at radius 1 is 1.45 bits per heavy atom. The SMILES string of the molecule is CC(C)c1cc(C(=O)O)cc(N2CCC(C(N)=O)C2)n1. The number of nitrogens with zero attached hydrogens (tertiary/aromatic N) is 2. The van der Waals surface area contributed by atoms with E-state index in [-0.39, 0.29) is 23.3 Å². The van der Waals surface area contributed by atoms with Gasteiger partial charge >= 0.3 is 5.97 Å². The molecule has 3 N–H and O–H groups in total. The van der Waals surface area contributed by atoms with Crippen LogP contribution in [-0.4, -0.2) is 35.1 Å². The van der Waals surface area contributed by atoms with E-state index >= 15 is 0 Å². The van der Waals surface area contributed by atoms with Crippen LogP contribution in [0.5, 0.6) is 0 Å². The predicted octanol–water partition coefficient (Wildman–Crippen LogP) is 1.21. The van der Waals surface area contributed by atoms with Gasteiger partial charge in [0.2, 0.25) is 5.91 Å². The number of hydrogen-bond donors (Lipinski definition) is 2. The molecule has 0 radical (unpaired) electrons. The third-order valence-corrected chi connectivity index (χ3v) is 3.58. The molecular formula is C14H19N3O3. The maximum atomic E-state index is 11.2. The van der Waals surface area contributed by atoms with Gasteiger partial charge in [-0.2, -0.15) is 0 Å². The Bertz CT molecular complexity index is 542. The van der Waals surface area contributed by atoms with Crippen LogP contribution in [0.2, 0.25) is 0 Å². The fourth-order valence-electron chi connectivity index (χ4n) is 2.32. The Hall–Kier alpha value is -2.11. The summed E-state index contributed by atoms with van der Waals surface area (Å²) < 4.78 is 0. The number of aromatic carboxylic acids is 1. The highest BCUT2D eigenvalue weighted by Crippen LogP contribution is 2.25. The molecule has 1 aliphatic rings. The minimum atomic E-state index is -0.971. The Labute approximate surface area is 117 Å². The van der Waals surface area contributed by atoms with Crippen LogP contribution in [-0.2, 0) is 4.79 Å². The molecule has 0 aliphatic carbocycles. The van der Waals surface area contributed by atoms with Gasteiger partial charge < -0.3 is 15.7 Å². The standard InChI is InChI=1S/C14H19N3O3/c1-8(2)11-5-10(14(19)20)6-12(16-11)17-4-3-9(7-17)13(15)18/h5-6,8-9H,3-4,7H2,1-2H3,(H2,15,18)(H,19,20).